The summed E-state index contributed by atoms with van der Waals surface area (Å²) in [5, 5.41) is 0. The van der Waals surface area contributed by atoms with Gasteiger partial charge in [0.25, 0.3) is 0 Å². The standard InChI is InChI=1S/C10H18/c1-4-5-6-10(3)7-9(2)8-10/h4-5,9H,6-8H2,1-3H3/b5-4-. The van der Waals surface area contributed by atoms with Crippen molar-refractivity contribution in [1.82, 2.24) is 0 Å². The van der Waals surface area contributed by atoms with Crippen LogP contribution in [0, 0.1) is 11.3 Å². The molecule has 0 spiro atoms. The summed E-state index contributed by atoms with van der Waals surface area (Å²) in [6.07, 6.45) is 8.60. The summed E-state index contributed by atoms with van der Waals surface area (Å²) in [6, 6.07) is 0. The van der Waals surface area contributed by atoms with Crippen LogP contribution in [0.15, 0.2) is 12.2 Å². The highest BCUT2D eigenvalue weighted by Gasteiger charge is 2.35. The fourth-order valence-electron chi connectivity index (χ4n) is 2.19. The van der Waals surface area contributed by atoms with Gasteiger partial charge in [0.2, 0.25) is 0 Å². The molecule has 0 N–H and O–H groups in total. The summed E-state index contributed by atoms with van der Waals surface area (Å²) in [7, 11) is 0. The van der Waals surface area contributed by atoms with Crippen LogP contribution >= 0.6 is 0 Å². The van der Waals surface area contributed by atoms with Crippen LogP contribution in [-0.4, -0.2) is 0 Å². The fraction of sp³-hybridized carbons (Fsp3) is 0.800. The minimum Gasteiger partial charge on any atom is -0.0916 e. The molecule has 0 unspecified atom stereocenters. The summed E-state index contributed by atoms with van der Waals surface area (Å²) >= 11 is 0. The average Bonchev–Trinajstić information content (AvgIpc) is 1.81. The summed E-state index contributed by atoms with van der Waals surface area (Å²) in [6.45, 7) is 6.84. The van der Waals surface area contributed by atoms with E-state index in [1.54, 1.807) is 0 Å². The van der Waals surface area contributed by atoms with Crippen molar-refractivity contribution in [2.24, 2.45) is 11.3 Å². The predicted molar refractivity (Wildman–Crippen MR) is 45.9 cm³/mol. The second kappa shape index (κ2) is 2.77. The first-order chi connectivity index (χ1) is 4.66. The average molecular weight is 138 g/mol. The summed E-state index contributed by atoms with van der Waals surface area (Å²) in [5.74, 6) is 0.982. The zero-order chi connectivity index (χ0) is 7.61. The molecule has 1 rings (SSSR count). The van der Waals surface area contributed by atoms with Gasteiger partial charge >= 0.3 is 0 Å². The molecule has 0 heterocycles. The van der Waals surface area contributed by atoms with Gasteiger partial charge in [-0.3, -0.25) is 0 Å². The lowest BCUT2D eigenvalue weighted by atomic mass is 9.62. The van der Waals surface area contributed by atoms with Crippen molar-refractivity contribution in [3.8, 4) is 0 Å². The van der Waals surface area contributed by atoms with Gasteiger partial charge in [0.1, 0.15) is 0 Å². The van der Waals surface area contributed by atoms with Gasteiger partial charge in [-0.25, -0.2) is 0 Å². The van der Waals surface area contributed by atoms with Crippen molar-refractivity contribution in [2.45, 2.75) is 40.0 Å². The van der Waals surface area contributed by atoms with E-state index < -0.39 is 0 Å². The molecule has 0 aliphatic heterocycles. The van der Waals surface area contributed by atoms with Crippen LogP contribution in [0.5, 0.6) is 0 Å². The van der Waals surface area contributed by atoms with Gasteiger partial charge in [-0.15, -0.1) is 0 Å². The molecule has 0 heteroatoms. The highest BCUT2D eigenvalue weighted by atomic mass is 14.4. The first kappa shape index (κ1) is 7.84. The largest absolute Gasteiger partial charge is 0.0916 e. The monoisotopic (exact) mass is 138 g/mol. The van der Waals surface area contributed by atoms with Crippen molar-refractivity contribution >= 4 is 0 Å². The Morgan fingerprint density at radius 3 is 2.50 bits per heavy atom. The Bertz CT molecular complexity index is 127. The molecule has 1 saturated carbocycles. The molecule has 0 saturated heterocycles. The molecule has 1 aliphatic rings. The van der Waals surface area contributed by atoms with Gasteiger partial charge in [-0.1, -0.05) is 26.0 Å². The lowest BCUT2D eigenvalue weighted by molar-refractivity contribution is 0.0916. The second-order valence-electron chi connectivity index (χ2n) is 4.10. The van der Waals surface area contributed by atoms with Gasteiger partial charge in [0, 0.05) is 0 Å². The molecule has 0 amide bonds. The molecule has 0 aromatic carbocycles. The maximum absolute atomic E-state index is 2.40. The molecule has 0 bridgehead atoms. The Kier molecular flexibility index (Phi) is 2.18. The molecule has 0 radical (unpaired) electrons. The maximum atomic E-state index is 2.40. The second-order valence-corrected chi connectivity index (χ2v) is 4.10. The van der Waals surface area contributed by atoms with E-state index in [0.29, 0.717) is 5.41 Å². The van der Waals surface area contributed by atoms with Crippen LogP contribution < -0.4 is 0 Å². The first-order valence-corrected chi connectivity index (χ1v) is 4.27. The summed E-state index contributed by atoms with van der Waals surface area (Å²) in [4.78, 5) is 0. The van der Waals surface area contributed by atoms with Gasteiger partial charge in [0.05, 0.1) is 0 Å². The topological polar surface area (TPSA) is 0 Å². The molecule has 0 aromatic rings. The Labute approximate surface area is 64.3 Å². The first-order valence-electron chi connectivity index (χ1n) is 4.27. The Morgan fingerprint density at radius 2 is 2.10 bits per heavy atom. The Hall–Kier alpha value is -0.260. The van der Waals surface area contributed by atoms with E-state index in [0.717, 1.165) is 5.92 Å². The zero-order valence-electron chi connectivity index (χ0n) is 7.35. The van der Waals surface area contributed by atoms with E-state index >= 15 is 0 Å². The minimum atomic E-state index is 0.659. The van der Waals surface area contributed by atoms with E-state index in [-0.39, 0.29) is 0 Å². The third kappa shape index (κ3) is 1.62. The van der Waals surface area contributed by atoms with Crippen LogP contribution in [0.2, 0.25) is 0 Å². The van der Waals surface area contributed by atoms with Gasteiger partial charge in [0.15, 0.2) is 0 Å². The van der Waals surface area contributed by atoms with Crippen LogP contribution in [0.3, 0.4) is 0 Å². The molecular weight excluding hydrogens is 120 g/mol. The minimum absolute atomic E-state index is 0.659. The molecule has 0 nitrogen and oxygen atoms in total. The van der Waals surface area contributed by atoms with Crippen molar-refractivity contribution in [2.75, 3.05) is 0 Å². The smallest absolute Gasteiger partial charge is 0.0286 e. The maximum Gasteiger partial charge on any atom is -0.0286 e. The fourth-order valence-corrected chi connectivity index (χ4v) is 2.19. The predicted octanol–water partition coefficient (Wildman–Crippen LogP) is 3.39. The number of rotatable bonds is 2. The summed E-state index contributed by atoms with van der Waals surface area (Å²) < 4.78 is 0. The number of allylic oxidation sites excluding steroid dienone is 2. The Balaban J connectivity index is 2.27. The van der Waals surface area contributed by atoms with Gasteiger partial charge in [-0.05, 0) is 37.5 Å². The van der Waals surface area contributed by atoms with Gasteiger partial charge in [-0.2, -0.15) is 0 Å². The van der Waals surface area contributed by atoms with E-state index in [9.17, 15) is 0 Å². The summed E-state index contributed by atoms with van der Waals surface area (Å²) in [5.41, 5.74) is 0.659. The molecule has 0 aromatic heterocycles. The van der Waals surface area contributed by atoms with Crippen LogP contribution in [0.4, 0.5) is 0 Å². The number of hydrogen-bond donors (Lipinski definition) is 0. The molecule has 58 valence electrons. The van der Waals surface area contributed by atoms with Crippen LogP contribution in [-0.2, 0) is 0 Å². The van der Waals surface area contributed by atoms with Crippen molar-refractivity contribution < 1.29 is 0 Å². The highest BCUT2D eigenvalue weighted by Crippen LogP contribution is 2.47. The normalized spacial score (nSPS) is 40.1. The third-order valence-electron chi connectivity index (χ3n) is 2.53. The van der Waals surface area contributed by atoms with Crippen molar-refractivity contribution in [3.05, 3.63) is 12.2 Å². The van der Waals surface area contributed by atoms with Gasteiger partial charge < -0.3 is 0 Å². The highest BCUT2D eigenvalue weighted by molar-refractivity contribution is 4.94. The SMILES string of the molecule is C/C=C\CC1(C)CC(C)C1. The zero-order valence-corrected chi connectivity index (χ0v) is 7.35. The lowest BCUT2D eigenvalue weighted by Crippen LogP contribution is -2.32. The van der Waals surface area contributed by atoms with Crippen molar-refractivity contribution in [3.63, 3.8) is 0 Å². The lowest BCUT2D eigenvalue weighted by Gasteiger charge is -2.43. The van der Waals surface area contributed by atoms with E-state index in [2.05, 4.69) is 32.9 Å². The van der Waals surface area contributed by atoms with Crippen LogP contribution in [0.25, 0.3) is 0 Å². The van der Waals surface area contributed by atoms with E-state index in [4.69, 9.17) is 0 Å². The van der Waals surface area contributed by atoms with Crippen LogP contribution in [0.1, 0.15) is 40.0 Å². The molecule has 1 fully saturated rings. The molecular formula is C10H18. The molecule has 1 aliphatic carbocycles. The van der Waals surface area contributed by atoms with E-state index in [1.807, 2.05) is 0 Å². The van der Waals surface area contributed by atoms with Crippen molar-refractivity contribution in [1.29, 1.82) is 0 Å². The molecule has 10 heavy (non-hydrogen) atoms. The number of hydrogen-bond acceptors (Lipinski definition) is 0. The molecule has 0 atom stereocenters. The van der Waals surface area contributed by atoms with E-state index in [1.165, 1.54) is 19.3 Å². The Morgan fingerprint density at radius 1 is 1.50 bits per heavy atom. The third-order valence-corrected chi connectivity index (χ3v) is 2.53. The quantitative estimate of drug-likeness (QED) is 0.513.